The predicted octanol–water partition coefficient (Wildman–Crippen LogP) is 4.47. The fourth-order valence-electron chi connectivity index (χ4n) is 5.18. The van der Waals surface area contributed by atoms with Gasteiger partial charge in [0, 0.05) is 34.8 Å². The minimum atomic E-state index is -1.48. The first kappa shape index (κ1) is 26.3. The van der Waals surface area contributed by atoms with E-state index in [0.29, 0.717) is 30.7 Å². The minimum absolute atomic E-state index is 0.0898. The Hall–Kier alpha value is -2.28. The van der Waals surface area contributed by atoms with Crippen LogP contribution in [-0.4, -0.2) is 46.5 Å². The third kappa shape index (κ3) is 4.64. The summed E-state index contributed by atoms with van der Waals surface area (Å²) in [7, 11) is 0. The molecule has 3 aliphatic rings. The maximum absolute atomic E-state index is 13.0. The summed E-state index contributed by atoms with van der Waals surface area (Å²) in [5.41, 5.74) is -0.756. The number of hydrogen-bond acceptors (Lipinski definition) is 7. The first-order valence-corrected chi connectivity index (χ1v) is 12.3. The predicted molar refractivity (Wildman–Crippen MR) is 129 cm³/mol. The molecule has 0 aromatic carbocycles. The van der Waals surface area contributed by atoms with Crippen molar-refractivity contribution in [3.8, 4) is 0 Å². The van der Waals surface area contributed by atoms with Gasteiger partial charge in [0.25, 0.3) is 0 Å². The van der Waals surface area contributed by atoms with Crippen LogP contribution >= 0.6 is 0 Å². The van der Waals surface area contributed by atoms with E-state index in [1.165, 1.54) is 0 Å². The van der Waals surface area contributed by atoms with Crippen molar-refractivity contribution in [2.45, 2.75) is 105 Å². The van der Waals surface area contributed by atoms with Crippen LogP contribution in [0.4, 0.5) is 0 Å². The van der Waals surface area contributed by atoms with Gasteiger partial charge in [0.1, 0.15) is 11.7 Å². The summed E-state index contributed by atoms with van der Waals surface area (Å²) >= 11 is 0. The number of carbonyl (C=O) groups is 3. The van der Waals surface area contributed by atoms with Crippen molar-refractivity contribution in [2.75, 3.05) is 0 Å². The zero-order chi connectivity index (χ0) is 25.6. The molecule has 2 aliphatic carbocycles. The smallest absolute Gasteiger partial charge is 0.337 e. The van der Waals surface area contributed by atoms with Crippen molar-refractivity contribution >= 4 is 23.6 Å². The molecule has 1 heterocycles. The van der Waals surface area contributed by atoms with E-state index in [1.807, 2.05) is 41.5 Å². The number of esters is 2. The van der Waals surface area contributed by atoms with Gasteiger partial charge in [-0.3, -0.25) is 9.59 Å². The monoisotopic (exact) mass is 473 g/mol. The Bertz CT molecular complexity index is 958. The molecule has 3 rings (SSSR count). The molecule has 0 amide bonds. The van der Waals surface area contributed by atoms with E-state index in [4.69, 9.17) is 9.47 Å². The van der Waals surface area contributed by atoms with E-state index in [2.05, 4.69) is 11.6 Å². The van der Waals surface area contributed by atoms with Crippen LogP contribution in [0.15, 0.2) is 28.3 Å². The number of ether oxygens (including phenoxy) is 2. The highest BCUT2D eigenvalue weighted by Crippen LogP contribution is 2.64. The summed E-state index contributed by atoms with van der Waals surface area (Å²) in [5, 5.41) is 11.0. The lowest BCUT2D eigenvalue weighted by molar-refractivity contribution is -0.153. The Morgan fingerprint density at radius 3 is 2.38 bits per heavy atom. The van der Waals surface area contributed by atoms with E-state index < -0.39 is 28.6 Å². The molecule has 3 atom stereocenters. The van der Waals surface area contributed by atoms with Gasteiger partial charge in [-0.2, -0.15) is 0 Å². The number of aliphatic imine (C=N–C) groups is 1. The quantitative estimate of drug-likeness (QED) is 0.317. The number of Topliss-reactive ketones (excluding diaryl/α,β-unsaturated/α-hetero) is 1. The van der Waals surface area contributed by atoms with Gasteiger partial charge in [0.2, 0.25) is 0 Å². The molecule has 7 heteroatoms. The van der Waals surface area contributed by atoms with Gasteiger partial charge in [0.15, 0.2) is 17.7 Å². The normalized spacial score (nSPS) is 27.3. The number of unbranched alkanes of at least 4 members (excludes halogenated alkanes) is 1. The molecule has 0 aromatic heterocycles. The average Bonchev–Trinajstić information content (AvgIpc) is 3.46. The minimum Gasteiger partial charge on any atom is -0.457 e. The molecule has 7 nitrogen and oxygen atoms in total. The second-order valence-electron chi connectivity index (χ2n) is 11.6. The molecular formula is C27H39NO6. The highest BCUT2D eigenvalue weighted by Gasteiger charge is 2.65. The van der Waals surface area contributed by atoms with Crippen LogP contribution in [0.3, 0.4) is 0 Å². The lowest BCUT2D eigenvalue weighted by Crippen LogP contribution is -2.51. The number of aliphatic hydroxyl groups is 1. The molecular weight excluding hydrogens is 434 g/mol. The van der Waals surface area contributed by atoms with E-state index in [9.17, 15) is 19.5 Å². The Labute approximate surface area is 202 Å². The maximum atomic E-state index is 13.0. The van der Waals surface area contributed by atoms with Crippen molar-refractivity contribution in [2.24, 2.45) is 21.7 Å². The van der Waals surface area contributed by atoms with E-state index in [-0.39, 0.29) is 35.6 Å². The Morgan fingerprint density at radius 2 is 1.88 bits per heavy atom. The molecule has 1 N–H and O–H groups in total. The Morgan fingerprint density at radius 1 is 1.26 bits per heavy atom. The molecule has 1 spiro atoms. The van der Waals surface area contributed by atoms with E-state index in [0.717, 1.165) is 18.4 Å². The lowest BCUT2D eigenvalue weighted by atomic mass is 9.64. The van der Waals surface area contributed by atoms with Crippen molar-refractivity contribution in [3.05, 3.63) is 23.3 Å². The number of rotatable bonds is 8. The number of nitrogens with zero attached hydrogens (tertiary/aromatic N) is 1. The molecule has 1 aliphatic heterocycles. The third-order valence-corrected chi connectivity index (χ3v) is 7.54. The maximum Gasteiger partial charge on any atom is 0.337 e. The van der Waals surface area contributed by atoms with Crippen LogP contribution in [-0.2, 0) is 23.9 Å². The molecule has 1 fully saturated rings. The van der Waals surface area contributed by atoms with E-state index >= 15 is 0 Å². The number of hydrogen-bond donors (Lipinski definition) is 1. The lowest BCUT2D eigenvalue weighted by Gasteiger charge is -2.43. The molecule has 0 saturated heterocycles. The van der Waals surface area contributed by atoms with Gasteiger partial charge in [-0.15, -0.1) is 0 Å². The first-order chi connectivity index (χ1) is 15.6. The fraction of sp³-hybridized carbons (Fsp3) is 0.704. The van der Waals surface area contributed by atoms with Crippen LogP contribution in [0.1, 0.15) is 87.0 Å². The van der Waals surface area contributed by atoms with Gasteiger partial charge in [-0.25, -0.2) is 9.79 Å². The van der Waals surface area contributed by atoms with Crippen LogP contribution < -0.4 is 0 Å². The van der Waals surface area contributed by atoms with Gasteiger partial charge >= 0.3 is 11.9 Å². The van der Waals surface area contributed by atoms with E-state index in [1.54, 1.807) is 6.92 Å². The summed E-state index contributed by atoms with van der Waals surface area (Å²) in [5.74, 6) is -0.525. The highest BCUT2D eigenvalue weighted by molar-refractivity contribution is 6.08. The van der Waals surface area contributed by atoms with Crippen molar-refractivity contribution in [1.29, 1.82) is 0 Å². The van der Waals surface area contributed by atoms with Crippen molar-refractivity contribution < 1.29 is 29.0 Å². The summed E-state index contributed by atoms with van der Waals surface area (Å²) in [4.78, 5) is 42.0. The molecule has 188 valence electrons. The molecule has 0 bridgehead atoms. The topological polar surface area (TPSA) is 102 Å². The van der Waals surface area contributed by atoms with Crippen molar-refractivity contribution in [3.63, 3.8) is 0 Å². The molecule has 0 radical (unpaired) electrons. The molecule has 1 saturated carbocycles. The van der Waals surface area contributed by atoms with Crippen LogP contribution in [0.2, 0.25) is 0 Å². The second-order valence-corrected chi connectivity index (χ2v) is 11.6. The highest BCUT2D eigenvalue weighted by atomic mass is 16.6. The summed E-state index contributed by atoms with van der Waals surface area (Å²) in [6.45, 7) is 17.2. The molecule has 0 aromatic rings. The van der Waals surface area contributed by atoms with Crippen LogP contribution in [0.5, 0.6) is 0 Å². The standard InChI is InChI=1S/C27H39NO6/c1-15(2)21-24(31)33-18(28-21)11-9-10-12-19(29)34-23(25(5,6)7)20-16(3)22(30)26(8,32)27(13-14-27)17(20)4/h15,21,23,32H,3,9-14H2,1-2,4-8H3/t21?,23?,26-/m0/s1. The number of carbonyl (C=O) groups excluding carboxylic acids is 3. The third-order valence-electron chi connectivity index (χ3n) is 7.54. The van der Waals surface area contributed by atoms with Crippen LogP contribution in [0, 0.1) is 16.7 Å². The zero-order valence-corrected chi connectivity index (χ0v) is 21.6. The Balaban J connectivity index is 1.66. The Kier molecular flexibility index (Phi) is 7.02. The largest absolute Gasteiger partial charge is 0.457 e. The van der Waals surface area contributed by atoms with Crippen molar-refractivity contribution in [1.82, 2.24) is 0 Å². The summed E-state index contributed by atoms with van der Waals surface area (Å²) < 4.78 is 11.2. The number of cyclic esters (lactones) is 1. The van der Waals surface area contributed by atoms with Gasteiger partial charge in [0.05, 0.1) is 0 Å². The van der Waals surface area contributed by atoms with Gasteiger partial charge in [-0.1, -0.05) is 46.8 Å². The average molecular weight is 474 g/mol. The summed E-state index contributed by atoms with van der Waals surface area (Å²) in [6.07, 6.45) is 2.73. The van der Waals surface area contributed by atoms with Gasteiger partial charge in [-0.05, 0) is 45.4 Å². The van der Waals surface area contributed by atoms with Crippen LogP contribution in [0.25, 0.3) is 0 Å². The number of ketones is 1. The fourth-order valence-corrected chi connectivity index (χ4v) is 5.18. The van der Waals surface area contributed by atoms with Gasteiger partial charge < -0.3 is 14.6 Å². The molecule has 2 unspecified atom stereocenters. The first-order valence-electron chi connectivity index (χ1n) is 12.3. The summed E-state index contributed by atoms with van der Waals surface area (Å²) in [6, 6.07) is -0.439. The SMILES string of the molecule is C=C1C(=O)[C@](C)(O)C2(CC2)C(C)=C1C(OC(=O)CCCCC1=NC(C(C)C)C(=O)O1)C(C)(C)C. The zero-order valence-electron chi connectivity index (χ0n) is 21.6. The second kappa shape index (κ2) is 9.06. The molecule has 34 heavy (non-hydrogen) atoms.